The zero-order chi connectivity index (χ0) is 11.4. The van der Waals surface area contributed by atoms with Crippen molar-refractivity contribution in [1.29, 1.82) is 0 Å². The lowest BCUT2D eigenvalue weighted by Crippen LogP contribution is -2.32. The zero-order valence-corrected chi connectivity index (χ0v) is 9.66. The Kier molecular flexibility index (Phi) is 4.30. The second-order valence-corrected chi connectivity index (χ2v) is 4.78. The number of carbonyl (C=O) groups is 2. The van der Waals surface area contributed by atoms with Crippen LogP contribution in [0, 0.1) is 17.8 Å². The Morgan fingerprint density at radius 2 is 2.00 bits per heavy atom. The maximum Gasteiger partial charge on any atom is 0.220 e. The van der Waals surface area contributed by atoms with Crippen molar-refractivity contribution in [1.82, 2.24) is 0 Å². The Bertz CT molecular complexity index is 246. The summed E-state index contributed by atoms with van der Waals surface area (Å²) in [6.45, 7) is 3.32. The molecule has 3 heteroatoms. The van der Waals surface area contributed by atoms with Gasteiger partial charge >= 0.3 is 0 Å². The molecule has 1 aliphatic rings. The third-order valence-corrected chi connectivity index (χ3v) is 3.69. The fourth-order valence-corrected chi connectivity index (χ4v) is 2.20. The highest BCUT2D eigenvalue weighted by Crippen LogP contribution is 2.33. The van der Waals surface area contributed by atoms with E-state index in [0.29, 0.717) is 0 Å². The molecule has 1 fully saturated rings. The molecule has 86 valence electrons. The molecular weight excluding hydrogens is 190 g/mol. The van der Waals surface area contributed by atoms with Crippen LogP contribution in [0.1, 0.15) is 46.0 Å². The maximum absolute atomic E-state index is 11.4. The van der Waals surface area contributed by atoms with E-state index in [1.807, 2.05) is 0 Å². The number of Topliss-reactive ketones (excluding diaryl/α,β-unsaturated/α-hetero) is 1. The van der Waals surface area contributed by atoms with Crippen molar-refractivity contribution in [2.75, 3.05) is 0 Å². The molecule has 1 saturated carbocycles. The normalized spacial score (nSPS) is 20.4. The van der Waals surface area contributed by atoms with Crippen molar-refractivity contribution < 1.29 is 9.59 Å². The summed E-state index contributed by atoms with van der Waals surface area (Å²) >= 11 is 0. The lowest BCUT2D eigenvalue weighted by Gasteiger charge is -2.27. The second kappa shape index (κ2) is 5.29. The van der Waals surface area contributed by atoms with Gasteiger partial charge in [-0.15, -0.1) is 0 Å². The van der Waals surface area contributed by atoms with Gasteiger partial charge in [0.1, 0.15) is 5.78 Å². The van der Waals surface area contributed by atoms with Gasteiger partial charge in [0.25, 0.3) is 0 Å². The number of carbonyl (C=O) groups excluding carboxylic acids is 2. The monoisotopic (exact) mass is 211 g/mol. The Labute approximate surface area is 91.4 Å². The fraction of sp³-hybridized carbons (Fsp3) is 0.833. The van der Waals surface area contributed by atoms with Crippen LogP contribution in [0.3, 0.4) is 0 Å². The van der Waals surface area contributed by atoms with Crippen LogP contribution in [0.5, 0.6) is 0 Å². The molecule has 1 aliphatic carbocycles. The molecule has 0 aromatic carbocycles. The molecule has 15 heavy (non-hydrogen) atoms. The lowest BCUT2D eigenvalue weighted by atomic mass is 9.77. The first-order valence-corrected chi connectivity index (χ1v) is 5.82. The van der Waals surface area contributed by atoms with Crippen LogP contribution in [-0.2, 0) is 9.59 Å². The summed E-state index contributed by atoms with van der Waals surface area (Å²) in [5.74, 6) is 0.0436. The third kappa shape index (κ3) is 3.33. The topological polar surface area (TPSA) is 60.2 Å². The number of hydrogen-bond donors (Lipinski definition) is 1. The molecule has 0 heterocycles. The summed E-state index contributed by atoms with van der Waals surface area (Å²) in [7, 11) is 0. The molecule has 0 aromatic rings. The van der Waals surface area contributed by atoms with Gasteiger partial charge in [0.2, 0.25) is 5.91 Å². The van der Waals surface area contributed by atoms with Gasteiger partial charge in [-0.25, -0.2) is 0 Å². The SMILES string of the molecule is CC(=O)[C@H](CCC1CCC1)C(C)C(N)=O. The summed E-state index contributed by atoms with van der Waals surface area (Å²) in [6, 6.07) is 0. The molecule has 2 N–H and O–H groups in total. The number of rotatable bonds is 6. The van der Waals surface area contributed by atoms with Crippen molar-refractivity contribution in [3.8, 4) is 0 Å². The Morgan fingerprint density at radius 3 is 2.33 bits per heavy atom. The predicted octanol–water partition coefficient (Wildman–Crippen LogP) is 1.89. The minimum absolute atomic E-state index is 0.0978. The van der Waals surface area contributed by atoms with Gasteiger partial charge in [0.05, 0.1) is 0 Å². The van der Waals surface area contributed by atoms with Crippen LogP contribution in [0.25, 0.3) is 0 Å². The summed E-state index contributed by atoms with van der Waals surface area (Å²) < 4.78 is 0. The highest BCUT2D eigenvalue weighted by Gasteiger charge is 2.27. The molecule has 0 spiro atoms. The van der Waals surface area contributed by atoms with E-state index >= 15 is 0 Å². The number of primary amides is 1. The van der Waals surface area contributed by atoms with Gasteiger partial charge in [-0.2, -0.15) is 0 Å². The minimum atomic E-state index is -0.358. The molecule has 0 bridgehead atoms. The Hall–Kier alpha value is -0.860. The van der Waals surface area contributed by atoms with E-state index in [1.54, 1.807) is 13.8 Å². The zero-order valence-electron chi connectivity index (χ0n) is 9.66. The molecule has 2 atom stereocenters. The van der Waals surface area contributed by atoms with E-state index < -0.39 is 0 Å². The molecular formula is C12H21NO2. The molecule has 0 aliphatic heterocycles. The van der Waals surface area contributed by atoms with E-state index in [2.05, 4.69) is 0 Å². The van der Waals surface area contributed by atoms with E-state index in [9.17, 15) is 9.59 Å². The average Bonchev–Trinajstić information content (AvgIpc) is 2.07. The van der Waals surface area contributed by atoms with E-state index in [0.717, 1.165) is 18.8 Å². The van der Waals surface area contributed by atoms with Gasteiger partial charge in [-0.1, -0.05) is 26.2 Å². The molecule has 1 rings (SSSR count). The van der Waals surface area contributed by atoms with Crippen molar-refractivity contribution in [3.05, 3.63) is 0 Å². The third-order valence-electron chi connectivity index (χ3n) is 3.69. The quantitative estimate of drug-likeness (QED) is 0.729. The highest BCUT2D eigenvalue weighted by molar-refractivity contribution is 5.86. The van der Waals surface area contributed by atoms with Gasteiger partial charge in [0, 0.05) is 11.8 Å². The standard InChI is InChI=1S/C12H21NO2/c1-8(12(13)15)11(9(2)14)7-6-10-4-3-5-10/h8,10-11H,3-7H2,1-2H3,(H2,13,15)/t8?,11-/m1/s1. The van der Waals surface area contributed by atoms with Crippen LogP contribution in [-0.4, -0.2) is 11.7 Å². The first-order valence-electron chi connectivity index (χ1n) is 5.82. The molecule has 1 unspecified atom stereocenters. The molecule has 0 saturated heterocycles. The second-order valence-electron chi connectivity index (χ2n) is 4.78. The van der Waals surface area contributed by atoms with Gasteiger partial charge in [-0.3, -0.25) is 9.59 Å². The van der Waals surface area contributed by atoms with E-state index in [1.165, 1.54) is 19.3 Å². The van der Waals surface area contributed by atoms with Gasteiger partial charge < -0.3 is 5.73 Å². The fourth-order valence-electron chi connectivity index (χ4n) is 2.20. The maximum atomic E-state index is 11.4. The number of amides is 1. The molecule has 0 aromatic heterocycles. The number of nitrogens with two attached hydrogens (primary N) is 1. The Balaban J connectivity index is 2.42. The molecule has 1 amide bonds. The van der Waals surface area contributed by atoms with Crippen LogP contribution >= 0.6 is 0 Å². The van der Waals surface area contributed by atoms with Crippen LogP contribution in [0.2, 0.25) is 0 Å². The summed E-state index contributed by atoms with van der Waals surface area (Å²) in [5.41, 5.74) is 5.24. The lowest BCUT2D eigenvalue weighted by molar-refractivity contribution is -0.130. The van der Waals surface area contributed by atoms with Crippen molar-refractivity contribution in [2.45, 2.75) is 46.0 Å². The van der Waals surface area contributed by atoms with Crippen LogP contribution < -0.4 is 5.73 Å². The van der Waals surface area contributed by atoms with E-state index in [4.69, 9.17) is 5.73 Å². The minimum Gasteiger partial charge on any atom is -0.369 e. The summed E-state index contributed by atoms with van der Waals surface area (Å²) in [6.07, 6.45) is 5.79. The largest absolute Gasteiger partial charge is 0.369 e. The Morgan fingerprint density at radius 1 is 1.40 bits per heavy atom. The van der Waals surface area contributed by atoms with Crippen molar-refractivity contribution in [2.24, 2.45) is 23.5 Å². The first kappa shape index (κ1) is 12.2. The van der Waals surface area contributed by atoms with Crippen LogP contribution in [0.4, 0.5) is 0 Å². The van der Waals surface area contributed by atoms with Gasteiger partial charge in [0.15, 0.2) is 0 Å². The van der Waals surface area contributed by atoms with Crippen molar-refractivity contribution in [3.63, 3.8) is 0 Å². The smallest absolute Gasteiger partial charge is 0.220 e. The van der Waals surface area contributed by atoms with Crippen molar-refractivity contribution >= 4 is 11.7 Å². The first-order chi connectivity index (χ1) is 7.02. The summed E-state index contributed by atoms with van der Waals surface area (Å²) in [4.78, 5) is 22.4. The number of ketones is 1. The molecule has 3 nitrogen and oxygen atoms in total. The average molecular weight is 211 g/mol. The predicted molar refractivity (Wildman–Crippen MR) is 59.1 cm³/mol. The molecule has 0 radical (unpaired) electrons. The van der Waals surface area contributed by atoms with Gasteiger partial charge in [-0.05, 0) is 25.7 Å². The van der Waals surface area contributed by atoms with E-state index in [-0.39, 0.29) is 23.5 Å². The highest BCUT2D eigenvalue weighted by atomic mass is 16.1. The van der Waals surface area contributed by atoms with Crippen LogP contribution in [0.15, 0.2) is 0 Å². The number of hydrogen-bond acceptors (Lipinski definition) is 2. The summed E-state index contributed by atoms with van der Waals surface area (Å²) in [5, 5.41) is 0.